The Morgan fingerprint density at radius 3 is 2.50 bits per heavy atom. The number of nitrogens with one attached hydrogen (secondary N) is 1. The maximum atomic E-state index is 5.48. The van der Waals surface area contributed by atoms with Crippen molar-refractivity contribution in [1.29, 1.82) is 0 Å². The molecule has 1 aromatic heterocycles. The van der Waals surface area contributed by atoms with E-state index < -0.39 is 0 Å². The summed E-state index contributed by atoms with van der Waals surface area (Å²) in [6, 6.07) is 18.6. The summed E-state index contributed by atoms with van der Waals surface area (Å²) < 4.78 is 8.24. The molecule has 0 unspecified atom stereocenters. The fraction of sp³-hybridized carbons (Fsp3) is 0.263. The molecule has 0 fully saturated rings. The van der Waals surface area contributed by atoms with Gasteiger partial charge in [0, 0.05) is 13.0 Å². The lowest BCUT2D eigenvalue weighted by Gasteiger charge is -2.08. The van der Waals surface area contributed by atoms with Crippen LogP contribution in [0.1, 0.15) is 23.9 Å². The molecule has 4 nitrogen and oxygen atoms in total. The van der Waals surface area contributed by atoms with Crippen LogP contribution in [0.5, 0.6) is 5.75 Å². The molecular weight excluding hydrogens is 318 g/mol. The Labute approximate surface area is 147 Å². The number of hydrogen-bond acceptors (Lipinski definition) is 3. The van der Waals surface area contributed by atoms with E-state index >= 15 is 0 Å². The van der Waals surface area contributed by atoms with Crippen molar-refractivity contribution in [2.75, 3.05) is 6.61 Å². The first-order valence-corrected chi connectivity index (χ1v) is 8.57. The fourth-order valence-electron chi connectivity index (χ4n) is 2.65. The van der Waals surface area contributed by atoms with Gasteiger partial charge in [0.2, 0.25) is 0 Å². The molecule has 5 heteroatoms. The fourth-order valence-corrected chi connectivity index (χ4v) is 2.90. The molecule has 0 aliphatic rings. The minimum atomic E-state index is 0.673. The molecule has 0 saturated carbocycles. The molecule has 3 rings (SSSR count). The highest BCUT2D eigenvalue weighted by molar-refractivity contribution is 7.71. The molecular formula is C19H21N3OS. The number of aromatic nitrogens is 3. The summed E-state index contributed by atoms with van der Waals surface area (Å²) in [5, 5.41) is 7.31. The van der Waals surface area contributed by atoms with E-state index in [-0.39, 0.29) is 0 Å². The number of nitrogens with zero attached hydrogens (tertiary/aromatic N) is 2. The lowest BCUT2D eigenvalue weighted by molar-refractivity contribution is 0.340. The number of ether oxygens (including phenoxy) is 1. The van der Waals surface area contributed by atoms with Crippen molar-refractivity contribution < 1.29 is 4.74 Å². The summed E-state index contributed by atoms with van der Waals surface area (Å²) in [5.74, 6) is 1.85. The van der Waals surface area contributed by atoms with Crippen molar-refractivity contribution >= 4 is 12.2 Å². The van der Waals surface area contributed by atoms with E-state index in [0.29, 0.717) is 11.4 Å². The standard InChI is InChI=1S/C19H21N3OS/c1-2-23-17-10-8-16(9-11-17)14-18-20-21-19(24)22(18)13-12-15-6-4-3-5-7-15/h3-11H,2,12-14H2,1H3,(H,21,24). The maximum absolute atomic E-state index is 5.48. The molecule has 24 heavy (non-hydrogen) atoms. The number of aryl methyl sites for hydroxylation is 1. The zero-order valence-electron chi connectivity index (χ0n) is 13.7. The van der Waals surface area contributed by atoms with E-state index in [0.717, 1.165) is 31.0 Å². The summed E-state index contributed by atoms with van der Waals surface area (Å²) >= 11 is 5.38. The number of rotatable bonds is 7. The molecule has 0 radical (unpaired) electrons. The van der Waals surface area contributed by atoms with Crippen molar-refractivity contribution in [3.63, 3.8) is 0 Å². The molecule has 2 aromatic carbocycles. The topological polar surface area (TPSA) is 42.8 Å². The smallest absolute Gasteiger partial charge is 0.195 e. The second-order valence-electron chi connectivity index (χ2n) is 5.59. The Kier molecular flexibility index (Phi) is 5.43. The largest absolute Gasteiger partial charge is 0.494 e. The number of H-pyrrole nitrogens is 1. The normalized spacial score (nSPS) is 10.7. The van der Waals surface area contributed by atoms with Crippen molar-refractivity contribution in [3.05, 3.63) is 76.3 Å². The van der Waals surface area contributed by atoms with Crippen LogP contribution in [-0.4, -0.2) is 21.4 Å². The average molecular weight is 339 g/mol. The van der Waals surface area contributed by atoms with Crippen molar-refractivity contribution in [2.24, 2.45) is 0 Å². The summed E-state index contributed by atoms with van der Waals surface area (Å²) in [4.78, 5) is 0. The Hall–Kier alpha value is -2.40. The first kappa shape index (κ1) is 16.5. The summed E-state index contributed by atoms with van der Waals surface area (Å²) in [6.07, 6.45) is 1.68. The molecule has 0 amide bonds. The van der Waals surface area contributed by atoms with Gasteiger partial charge in [-0.05, 0) is 48.8 Å². The first-order chi connectivity index (χ1) is 11.8. The van der Waals surface area contributed by atoms with E-state index in [1.54, 1.807) is 0 Å². The van der Waals surface area contributed by atoms with Crippen molar-refractivity contribution in [2.45, 2.75) is 26.3 Å². The molecule has 0 aliphatic carbocycles. The molecule has 0 saturated heterocycles. The lowest BCUT2D eigenvalue weighted by atomic mass is 10.1. The van der Waals surface area contributed by atoms with Crippen molar-refractivity contribution in [1.82, 2.24) is 14.8 Å². The predicted octanol–water partition coefficient (Wildman–Crippen LogP) is 4.17. The zero-order chi connectivity index (χ0) is 16.8. The highest BCUT2D eigenvalue weighted by Gasteiger charge is 2.08. The van der Waals surface area contributed by atoms with Crippen LogP contribution in [0.25, 0.3) is 0 Å². The second kappa shape index (κ2) is 7.93. The number of aromatic amines is 1. The van der Waals surface area contributed by atoms with Gasteiger partial charge in [0.25, 0.3) is 0 Å². The second-order valence-corrected chi connectivity index (χ2v) is 5.97. The average Bonchev–Trinajstić information content (AvgIpc) is 2.96. The van der Waals surface area contributed by atoms with Gasteiger partial charge in [-0.1, -0.05) is 42.5 Å². The van der Waals surface area contributed by atoms with Gasteiger partial charge in [-0.25, -0.2) is 0 Å². The van der Waals surface area contributed by atoms with Gasteiger partial charge in [0.1, 0.15) is 11.6 Å². The maximum Gasteiger partial charge on any atom is 0.195 e. The minimum absolute atomic E-state index is 0.673. The van der Waals surface area contributed by atoms with Crippen LogP contribution < -0.4 is 4.74 Å². The molecule has 0 aliphatic heterocycles. The third-order valence-corrected chi connectivity index (χ3v) is 4.21. The third-order valence-electron chi connectivity index (χ3n) is 3.90. The summed E-state index contributed by atoms with van der Waals surface area (Å²) in [6.45, 7) is 3.49. The number of benzene rings is 2. The molecule has 1 heterocycles. The molecule has 1 N–H and O–H groups in total. The van der Waals surface area contributed by atoms with Crippen LogP contribution >= 0.6 is 12.2 Å². The van der Waals surface area contributed by atoms with Gasteiger partial charge < -0.3 is 9.30 Å². The van der Waals surface area contributed by atoms with E-state index in [4.69, 9.17) is 17.0 Å². The predicted molar refractivity (Wildman–Crippen MR) is 98.0 cm³/mol. The molecule has 0 atom stereocenters. The Morgan fingerprint density at radius 1 is 1.04 bits per heavy atom. The Morgan fingerprint density at radius 2 is 1.79 bits per heavy atom. The molecule has 0 bridgehead atoms. The summed E-state index contributed by atoms with van der Waals surface area (Å²) in [5.41, 5.74) is 2.49. The molecule has 3 aromatic rings. The van der Waals surface area contributed by atoms with Gasteiger partial charge in [0.05, 0.1) is 6.61 Å². The highest BCUT2D eigenvalue weighted by Crippen LogP contribution is 2.15. The van der Waals surface area contributed by atoms with Crippen LogP contribution in [0.15, 0.2) is 54.6 Å². The van der Waals surface area contributed by atoms with Crippen LogP contribution in [0, 0.1) is 4.77 Å². The zero-order valence-corrected chi connectivity index (χ0v) is 14.6. The van der Waals surface area contributed by atoms with E-state index in [9.17, 15) is 0 Å². The van der Waals surface area contributed by atoms with Crippen LogP contribution in [0.3, 0.4) is 0 Å². The van der Waals surface area contributed by atoms with E-state index in [1.807, 2.05) is 25.1 Å². The minimum Gasteiger partial charge on any atom is -0.494 e. The third kappa shape index (κ3) is 4.11. The summed E-state index contributed by atoms with van der Waals surface area (Å²) in [7, 11) is 0. The van der Waals surface area contributed by atoms with E-state index in [2.05, 4.69) is 51.2 Å². The van der Waals surface area contributed by atoms with Gasteiger partial charge >= 0.3 is 0 Å². The SMILES string of the molecule is CCOc1ccc(Cc2n[nH]c(=S)n2CCc2ccccc2)cc1. The number of hydrogen-bond donors (Lipinski definition) is 1. The first-order valence-electron chi connectivity index (χ1n) is 8.16. The molecule has 0 spiro atoms. The van der Waals surface area contributed by atoms with E-state index in [1.165, 1.54) is 11.1 Å². The van der Waals surface area contributed by atoms with Gasteiger partial charge in [-0.15, -0.1) is 0 Å². The van der Waals surface area contributed by atoms with Gasteiger partial charge in [0.15, 0.2) is 4.77 Å². The quantitative estimate of drug-likeness (QED) is 0.657. The van der Waals surface area contributed by atoms with Crippen molar-refractivity contribution in [3.8, 4) is 5.75 Å². The molecule has 124 valence electrons. The van der Waals surface area contributed by atoms with Gasteiger partial charge in [-0.2, -0.15) is 5.10 Å². The van der Waals surface area contributed by atoms with Crippen LogP contribution in [0.4, 0.5) is 0 Å². The van der Waals surface area contributed by atoms with Crippen LogP contribution in [0.2, 0.25) is 0 Å². The van der Waals surface area contributed by atoms with Gasteiger partial charge in [-0.3, -0.25) is 5.10 Å². The highest BCUT2D eigenvalue weighted by atomic mass is 32.1. The van der Waals surface area contributed by atoms with Crippen LogP contribution in [-0.2, 0) is 19.4 Å². The monoisotopic (exact) mass is 339 g/mol. The Balaban J connectivity index is 1.71. The lowest BCUT2D eigenvalue weighted by Crippen LogP contribution is -2.07. The Bertz CT molecular complexity index is 822.